The summed E-state index contributed by atoms with van der Waals surface area (Å²) in [6.07, 6.45) is 9.17. The topological polar surface area (TPSA) is 124 Å². The van der Waals surface area contributed by atoms with E-state index in [1.165, 1.54) is 5.56 Å². The van der Waals surface area contributed by atoms with Crippen molar-refractivity contribution in [2.24, 2.45) is 5.41 Å². The molecular formula is C33H38N6O4S. The van der Waals surface area contributed by atoms with Crippen molar-refractivity contribution in [1.29, 1.82) is 0 Å². The normalized spacial score (nSPS) is 16.8. The minimum Gasteiger partial charge on any atom is -0.455 e. The van der Waals surface area contributed by atoms with Gasteiger partial charge >= 0.3 is 0 Å². The number of carbonyl (C=O) groups is 1. The number of rotatable bonds is 9. The number of nitrogens with zero attached hydrogens (tertiary/aromatic N) is 5. The van der Waals surface area contributed by atoms with E-state index in [4.69, 9.17) is 4.74 Å². The van der Waals surface area contributed by atoms with E-state index in [-0.39, 0.29) is 24.5 Å². The number of fused-ring (bicyclic) bond motifs is 3. The first-order valence-corrected chi connectivity index (χ1v) is 15.8. The molecule has 1 amide bonds. The van der Waals surface area contributed by atoms with E-state index in [0.29, 0.717) is 25.4 Å². The quantitative estimate of drug-likeness (QED) is 0.229. The van der Waals surface area contributed by atoms with Gasteiger partial charge in [0.05, 0.1) is 31.3 Å². The first kappa shape index (κ1) is 30.1. The summed E-state index contributed by atoms with van der Waals surface area (Å²) in [4.78, 5) is 32.7. The number of piperidine rings is 1. The second-order valence-electron chi connectivity index (χ2n) is 11.8. The molecule has 11 heteroatoms. The monoisotopic (exact) mass is 614 g/mol. The number of aryl methyl sites for hydroxylation is 2. The molecule has 2 aliphatic heterocycles. The molecule has 0 bridgehead atoms. The molecular weight excluding hydrogens is 576 g/mol. The van der Waals surface area contributed by atoms with Crippen LogP contribution in [0.25, 0.3) is 10.2 Å². The molecule has 10 nitrogen and oxygen atoms in total. The van der Waals surface area contributed by atoms with Crippen molar-refractivity contribution in [1.82, 2.24) is 24.8 Å². The summed E-state index contributed by atoms with van der Waals surface area (Å²) < 4.78 is 6.03. The molecule has 44 heavy (non-hydrogen) atoms. The standard InChI is InChI=1S/C33H38N6O4S/c1-22-16-24(6-8-27(22)43-25-7-5-23(2)34-17-25)37-31-30-26-9-13-39(18-28(26)44-32(30)36-21-35-31)29(42)4-3-12-38-14-10-33(19-40,20-41)11-15-38/h3-8,16-17,21,40-41H,9-15,18-20H2,1-2H3,(H,35,36,37)/b4-3+. The van der Waals surface area contributed by atoms with Crippen LogP contribution in [0.5, 0.6) is 11.5 Å². The van der Waals surface area contributed by atoms with Crippen LogP contribution < -0.4 is 10.1 Å². The van der Waals surface area contributed by atoms with E-state index in [1.54, 1.807) is 29.9 Å². The van der Waals surface area contributed by atoms with Crippen LogP contribution in [0.1, 0.15) is 34.5 Å². The number of hydrogen-bond acceptors (Lipinski definition) is 10. The number of aromatic nitrogens is 3. The summed E-state index contributed by atoms with van der Waals surface area (Å²) in [5.41, 5.74) is 3.66. The van der Waals surface area contributed by atoms with Crippen molar-refractivity contribution < 1.29 is 19.7 Å². The number of hydrogen-bond donors (Lipinski definition) is 3. The number of amides is 1. The molecule has 0 aliphatic carbocycles. The Balaban J connectivity index is 1.10. The van der Waals surface area contributed by atoms with Gasteiger partial charge < -0.3 is 25.2 Å². The number of thiophene rings is 1. The number of ether oxygens (including phenoxy) is 1. The van der Waals surface area contributed by atoms with Crippen LogP contribution in [0.4, 0.5) is 11.5 Å². The molecule has 4 aromatic rings. The molecule has 3 aromatic heterocycles. The highest BCUT2D eigenvalue weighted by Crippen LogP contribution is 2.39. The largest absolute Gasteiger partial charge is 0.455 e. The first-order chi connectivity index (χ1) is 21.4. The number of aliphatic hydroxyl groups is 2. The molecule has 3 N–H and O–H groups in total. The Morgan fingerprint density at radius 1 is 1.09 bits per heavy atom. The third-order valence-corrected chi connectivity index (χ3v) is 9.83. The molecule has 0 saturated carbocycles. The van der Waals surface area contributed by atoms with E-state index in [2.05, 4.69) is 25.2 Å². The average Bonchev–Trinajstić information content (AvgIpc) is 3.42. The van der Waals surface area contributed by atoms with Gasteiger partial charge in [-0.05, 0) is 87.7 Å². The summed E-state index contributed by atoms with van der Waals surface area (Å²) in [5.74, 6) is 2.23. The van der Waals surface area contributed by atoms with Crippen molar-refractivity contribution in [3.8, 4) is 11.5 Å². The number of benzene rings is 1. The molecule has 0 unspecified atom stereocenters. The Bertz CT molecular complexity index is 1660. The molecule has 1 aromatic carbocycles. The number of carbonyl (C=O) groups excluding carboxylic acids is 1. The Labute approximate surface area is 261 Å². The van der Waals surface area contributed by atoms with Gasteiger partial charge in [-0.25, -0.2) is 9.97 Å². The minimum absolute atomic E-state index is 0.00816. The summed E-state index contributed by atoms with van der Waals surface area (Å²) >= 11 is 1.62. The second kappa shape index (κ2) is 13.0. The van der Waals surface area contributed by atoms with Crippen LogP contribution >= 0.6 is 11.3 Å². The fourth-order valence-electron chi connectivity index (χ4n) is 5.81. The Hall–Kier alpha value is -3.90. The molecule has 230 valence electrons. The van der Waals surface area contributed by atoms with Gasteiger partial charge in [-0.2, -0.15) is 0 Å². The molecule has 5 heterocycles. The Morgan fingerprint density at radius 2 is 1.91 bits per heavy atom. The van der Waals surface area contributed by atoms with Crippen LogP contribution in [0.2, 0.25) is 0 Å². The van der Waals surface area contributed by atoms with Crippen molar-refractivity contribution in [2.75, 3.05) is 44.7 Å². The highest BCUT2D eigenvalue weighted by Gasteiger charge is 2.33. The minimum atomic E-state index is -0.371. The summed E-state index contributed by atoms with van der Waals surface area (Å²) in [6.45, 7) is 7.45. The van der Waals surface area contributed by atoms with Crippen molar-refractivity contribution >= 4 is 39.0 Å². The van der Waals surface area contributed by atoms with Crippen molar-refractivity contribution in [2.45, 2.75) is 39.7 Å². The number of aliphatic hydroxyl groups excluding tert-OH is 2. The van der Waals surface area contributed by atoms with Crippen LogP contribution in [0.3, 0.4) is 0 Å². The predicted octanol–water partition coefficient (Wildman–Crippen LogP) is 4.75. The van der Waals surface area contributed by atoms with Gasteiger partial charge in [-0.15, -0.1) is 11.3 Å². The van der Waals surface area contributed by atoms with Crippen molar-refractivity contribution in [3.05, 3.63) is 76.7 Å². The fourth-order valence-corrected chi connectivity index (χ4v) is 7.02. The van der Waals surface area contributed by atoms with Crippen LogP contribution in [0, 0.1) is 19.3 Å². The maximum absolute atomic E-state index is 13.1. The highest BCUT2D eigenvalue weighted by atomic mass is 32.1. The first-order valence-electron chi connectivity index (χ1n) is 15.0. The Morgan fingerprint density at radius 3 is 2.64 bits per heavy atom. The molecule has 0 atom stereocenters. The van der Waals surface area contributed by atoms with Crippen LogP contribution in [-0.4, -0.2) is 80.3 Å². The van der Waals surface area contributed by atoms with E-state index >= 15 is 0 Å². The zero-order valence-corrected chi connectivity index (χ0v) is 25.9. The lowest BCUT2D eigenvalue weighted by Gasteiger charge is -2.39. The van der Waals surface area contributed by atoms with Gasteiger partial charge in [0.25, 0.3) is 0 Å². The molecule has 0 spiro atoms. The van der Waals surface area contributed by atoms with E-state index < -0.39 is 0 Å². The lowest BCUT2D eigenvalue weighted by Crippen LogP contribution is -2.44. The van der Waals surface area contributed by atoms with E-state index in [1.807, 2.05) is 55.2 Å². The summed E-state index contributed by atoms with van der Waals surface area (Å²) in [7, 11) is 0. The van der Waals surface area contributed by atoms with Crippen molar-refractivity contribution in [3.63, 3.8) is 0 Å². The Kier molecular flexibility index (Phi) is 8.90. The zero-order chi connectivity index (χ0) is 30.7. The smallest absolute Gasteiger partial charge is 0.246 e. The number of anilines is 2. The van der Waals surface area contributed by atoms with Gasteiger partial charge in [-0.3, -0.25) is 14.7 Å². The average molecular weight is 615 g/mol. The third kappa shape index (κ3) is 6.46. The lowest BCUT2D eigenvalue weighted by atomic mass is 9.80. The van der Waals surface area contributed by atoms with E-state index in [0.717, 1.165) is 76.0 Å². The molecule has 1 saturated heterocycles. The van der Waals surface area contributed by atoms with Gasteiger partial charge in [0.15, 0.2) is 0 Å². The van der Waals surface area contributed by atoms with Gasteiger partial charge in [0, 0.05) is 40.8 Å². The fraction of sp³-hybridized carbons (Fsp3) is 0.394. The van der Waals surface area contributed by atoms with Gasteiger partial charge in [-0.1, -0.05) is 6.08 Å². The third-order valence-electron chi connectivity index (χ3n) is 8.71. The molecule has 0 radical (unpaired) electrons. The zero-order valence-electron chi connectivity index (χ0n) is 25.1. The molecule has 6 rings (SSSR count). The molecule has 2 aliphatic rings. The van der Waals surface area contributed by atoms with Gasteiger partial charge in [0.1, 0.15) is 28.5 Å². The number of likely N-dealkylation sites (tertiary alicyclic amines) is 1. The number of pyridine rings is 1. The highest BCUT2D eigenvalue weighted by molar-refractivity contribution is 7.19. The second-order valence-corrected chi connectivity index (χ2v) is 12.9. The van der Waals surface area contributed by atoms with Gasteiger partial charge in [0.2, 0.25) is 5.91 Å². The number of nitrogens with one attached hydrogen (secondary N) is 1. The van der Waals surface area contributed by atoms with E-state index in [9.17, 15) is 15.0 Å². The maximum Gasteiger partial charge on any atom is 0.246 e. The maximum atomic E-state index is 13.1. The summed E-state index contributed by atoms with van der Waals surface area (Å²) in [6, 6.07) is 9.79. The predicted molar refractivity (Wildman–Crippen MR) is 171 cm³/mol. The lowest BCUT2D eigenvalue weighted by molar-refractivity contribution is -0.126. The SMILES string of the molecule is Cc1ccc(Oc2ccc(Nc3ncnc4sc5c(c34)CCN(C(=O)/C=C/CN3CCC(CO)(CO)CC3)C5)cc2C)cn1. The van der Waals surface area contributed by atoms with Crippen LogP contribution in [0.15, 0.2) is 55.0 Å². The summed E-state index contributed by atoms with van der Waals surface area (Å²) in [5, 5.41) is 23.8. The van der Waals surface area contributed by atoms with Crippen LogP contribution in [-0.2, 0) is 17.8 Å². The molecule has 1 fully saturated rings.